The minimum absolute atomic E-state index is 0.642. The van der Waals surface area contributed by atoms with Crippen molar-refractivity contribution < 1.29 is 0 Å². The number of halogens is 2. The molecule has 0 spiro atoms. The minimum Gasteiger partial charge on any atom is -0.370 e. The summed E-state index contributed by atoms with van der Waals surface area (Å²) in [5.41, 5.74) is 9.26. The summed E-state index contributed by atoms with van der Waals surface area (Å²) in [6, 6.07) is 14.2. The molecule has 0 atom stereocenters. The van der Waals surface area contributed by atoms with Crippen molar-refractivity contribution in [3.8, 4) is 0 Å². The van der Waals surface area contributed by atoms with Crippen LogP contribution in [0, 0.1) is 0 Å². The first-order chi connectivity index (χ1) is 9.61. The van der Waals surface area contributed by atoms with Gasteiger partial charge in [0.1, 0.15) is 0 Å². The van der Waals surface area contributed by atoms with Crippen molar-refractivity contribution in [2.24, 2.45) is 5.73 Å². The molecule has 0 aliphatic rings. The number of anilines is 1. The van der Waals surface area contributed by atoms with Crippen LogP contribution in [0.2, 0.25) is 5.02 Å². The van der Waals surface area contributed by atoms with Gasteiger partial charge in [0.05, 0.1) is 0 Å². The van der Waals surface area contributed by atoms with Crippen LogP contribution in [-0.2, 0) is 13.0 Å². The van der Waals surface area contributed by atoms with Gasteiger partial charge in [0.15, 0.2) is 0 Å². The Labute approximate surface area is 133 Å². The van der Waals surface area contributed by atoms with Gasteiger partial charge < -0.3 is 10.6 Å². The van der Waals surface area contributed by atoms with Crippen molar-refractivity contribution >= 4 is 33.2 Å². The number of nitrogens with two attached hydrogens (primary N) is 1. The van der Waals surface area contributed by atoms with E-state index in [0.717, 1.165) is 28.0 Å². The lowest BCUT2D eigenvalue weighted by Crippen LogP contribution is -2.19. The molecule has 4 heteroatoms. The molecule has 0 heterocycles. The van der Waals surface area contributed by atoms with E-state index in [1.807, 2.05) is 18.2 Å². The number of rotatable bonds is 5. The first kappa shape index (κ1) is 15.4. The second-order valence-electron chi connectivity index (χ2n) is 4.76. The van der Waals surface area contributed by atoms with Gasteiger partial charge in [-0.05, 0) is 48.4 Å². The standard InChI is InChI=1S/C16H18BrClN2/c1-20(11-13-4-2-3-5-15(13)18)16-7-6-14(17)10-12(16)8-9-19/h2-7,10H,8-9,11,19H2,1H3. The zero-order valence-corrected chi connectivity index (χ0v) is 13.8. The Kier molecular flexibility index (Phi) is 5.46. The van der Waals surface area contributed by atoms with E-state index >= 15 is 0 Å². The molecule has 2 N–H and O–H groups in total. The van der Waals surface area contributed by atoms with Crippen LogP contribution in [0.25, 0.3) is 0 Å². The van der Waals surface area contributed by atoms with Crippen LogP contribution in [0.15, 0.2) is 46.9 Å². The van der Waals surface area contributed by atoms with Crippen molar-refractivity contribution in [3.63, 3.8) is 0 Å². The Balaban J connectivity index is 2.25. The van der Waals surface area contributed by atoms with Gasteiger partial charge in [0, 0.05) is 28.8 Å². The maximum Gasteiger partial charge on any atom is 0.0455 e. The molecule has 0 aromatic heterocycles. The van der Waals surface area contributed by atoms with Gasteiger partial charge in [0.2, 0.25) is 0 Å². The number of nitrogens with zero attached hydrogens (tertiary/aromatic N) is 1. The van der Waals surface area contributed by atoms with Crippen molar-refractivity contribution in [2.45, 2.75) is 13.0 Å². The SMILES string of the molecule is CN(Cc1ccccc1Cl)c1ccc(Br)cc1CCN. The average molecular weight is 354 g/mol. The van der Waals surface area contributed by atoms with Crippen LogP contribution in [0.1, 0.15) is 11.1 Å². The van der Waals surface area contributed by atoms with Crippen LogP contribution < -0.4 is 10.6 Å². The largest absolute Gasteiger partial charge is 0.370 e. The molecule has 0 amide bonds. The van der Waals surface area contributed by atoms with Gasteiger partial charge in [0.25, 0.3) is 0 Å². The van der Waals surface area contributed by atoms with Gasteiger partial charge in [-0.15, -0.1) is 0 Å². The second kappa shape index (κ2) is 7.11. The van der Waals surface area contributed by atoms with E-state index in [1.165, 1.54) is 11.3 Å². The molecule has 2 aromatic rings. The van der Waals surface area contributed by atoms with Crippen molar-refractivity contribution in [1.29, 1.82) is 0 Å². The van der Waals surface area contributed by atoms with Crippen molar-refractivity contribution in [3.05, 3.63) is 63.1 Å². The van der Waals surface area contributed by atoms with Gasteiger partial charge in [-0.25, -0.2) is 0 Å². The molecule has 20 heavy (non-hydrogen) atoms. The molecule has 2 nitrogen and oxygen atoms in total. The molecule has 0 saturated heterocycles. The monoisotopic (exact) mass is 352 g/mol. The molecule has 0 fully saturated rings. The fourth-order valence-electron chi connectivity index (χ4n) is 2.25. The van der Waals surface area contributed by atoms with Crippen molar-refractivity contribution in [2.75, 3.05) is 18.5 Å². The maximum atomic E-state index is 6.23. The highest BCUT2D eigenvalue weighted by atomic mass is 79.9. The van der Waals surface area contributed by atoms with Crippen LogP contribution in [0.5, 0.6) is 0 Å². The molecule has 0 saturated carbocycles. The summed E-state index contributed by atoms with van der Waals surface area (Å²) in [7, 11) is 2.08. The lowest BCUT2D eigenvalue weighted by Gasteiger charge is -2.23. The quantitative estimate of drug-likeness (QED) is 0.871. The highest BCUT2D eigenvalue weighted by Crippen LogP contribution is 2.26. The lowest BCUT2D eigenvalue weighted by molar-refractivity contribution is 0.892. The van der Waals surface area contributed by atoms with Crippen LogP contribution >= 0.6 is 27.5 Å². The topological polar surface area (TPSA) is 29.3 Å². The first-order valence-corrected chi connectivity index (χ1v) is 7.72. The van der Waals surface area contributed by atoms with Gasteiger partial charge >= 0.3 is 0 Å². The number of hydrogen-bond acceptors (Lipinski definition) is 2. The van der Waals surface area contributed by atoms with Gasteiger partial charge in [-0.1, -0.05) is 45.7 Å². The Morgan fingerprint density at radius 2 is 1.90 bits per heavy atom. The number of benzene rings is 2. The van der Waals surface area contributed by atoms with Crippen LogP contribution in [0.3, 0.4) is 0 Å². The normalized spacial score (nSPS) is 10.6. The smallest absolute Gasteiger partial charge is 0.0455 e. The summed E-state index contributed by atoms with van der Waals surface area (Å²) >= 11 is 9.74. The average Bonchev–Trinajstić information content (AvgIpc) is 2.42. The molecule has 0 radical (unpaired) electrons. The molecule has 2 rings (SSSR count). The third kappa shape index (κ3) is 3.75. The Bertz CT molecular complexity index is 586. The summed E-state index contributed by atoms with van der Waals surface area (Å²) in [6.45, 7) is 1.42. The third-order valence-corrected chi connectivity index (χ3v) is 4.09. The zero-order valence-electron chi connectivity index (χ0n) is 11.4. The van der Waals surface area contributed by atoms with E-state index in [2.05, 4.69) is 52.1 Å². The molecule has 0 unspecified atom stereocenters. The maximum absolute atomic E-state index is 6.23. The fourth-order valence-corrected chi connectivity index (χ4v) is 2.85. The predicted molar refractivity (Wildman–Crippen MR) is 90.5 cm³/mol. The molecule has 106 valence electrons. The Morgan fingerprint density at radius 3 is 2.60 bits per heavy atom. The Morgan fingerprint density at radius 1 is 1.15 bits per heavy atom. The third-order valence-electron chi connectivity index (χ3n) is 3.23. The molecule has 0 aliphatic carbocycles. The van der Waals surface area contributed by atoms with E-state index < -0.39 is 0 Å². The summed E-state index contributed by atoms with van der Waals surface area (Å²) < 4.78 is 1.08. The van der Waals surface area contributed by atoms with E-state index in [-0.39, 0.29) is 0 Å². The summed E-state index contributed by atoms with van der Waals surface area (Å²) in [6.07, 6.45) is 0.863. The predicted octanol–water partition coefficient (Wildman–Crippen LogP) is 4.24. The molecule has 2 aromatic carbocycles. The second-order valence-corrected chi connectivity index (χ2v) is 6.08. The van der Waals surface area contributed by atoms with Crippen molar-refractivity contribution in [1.82, 2.24) is 0 Å². The molecule has 0 aliphatic heterocycles. The minimum atomic E-state index is 0.642. The van der Waals surface area contributed by atoms with E-state index in [1.54, 1.807) is 0 Å². The highest BCUT2D eigenvalue weighted by Gasteiger charge is 2.09. The number of hydrogen-bond donors (Lipinski definition) is 1. The summed E-state index contributed by atoms with van der Waals surface area (Å²) in [4.78, 5) is 2.21. The first-order valence-electron chi connectivity index (χ1n) is 6.55. The summed E-state index contributed by atoms with van der Waals surface area (Å²) in [5.74, 6) is 0. The molecular weight excluding hydrogens is 336 g/mol. The van der Waals surface area contributed by atoms with Crippen LogP contribution in [0.4, 0.5) is 5.69 Å². The summed E-state index contributed by atoms with van der Waals surface area (Å²) in [5, 5.41) is 0.803. The molecule has 0 bridgehead atoms. The highest BCUT2D eigenvalue weighted by molar-refractivity contribution is 9.10. The van der Waals surface area contributed by atoms with Gasteiger partial charge in [-0.2, -0.15) is 0 Å². The lowest BCUT2D eigenvalue weighted by atomic mass is 10.1. The van der Waals surface area contributed by atoms with E-state index in [0.29, 0.717) is 6.54 Å². The van der Waals surface area contributed by atoms with E-state index in [4.69, 9.17) is 17.3 Å². The molecular formula is C16H18BrClN2. The Hall–Kier alpha value is -1.03. The fraction of sp³-hybridized carbons (Fsp3) is 0.250. The van der Waals surface area contributed by atoms with Gasteiger partial charge in [-0.3, -0.25) is 0 Å². The van der Waals surface area contributed by atoms with Crippen LogP contribution in [-0.4, -0.2) is 13.6 Å². The zero-order chi connectivity index (χ0) is 14.5. The van der Waals surface area contributed by atoms with E-state index in [9.17, 15) is 0 Å².